The maximum atomic E-state index is 5.34. The molecule has 4 N–H and O–H groups in total. The van der Waals surface area contributed by atoms with Gasteiger partial charge in [-0.2, -0.15) is 0 Å². The van der Waals surface area contributed by atoms with Crippen LogP contribution >= 0.6 is 0 Å². The first-order valence-electron chi connectivity index (χ1n) is 3.61. The van der Waals surface area contributed by atoms with E-state index in [4.69, 9.17) is 11.5 Å². The van der Waals surface area contributed by atoms with Crippen molar-refractivity contribution in [3.63, 3.8) is 0 Å². The van der Waals surface area contributed by atoms with Crippen LogP contribution in [0.15, 0.2) is 12.1 Å². The van der Waals surface area contributed by atoms with Crippen molar-refractivity contribution < 1.29 is 0 Å². The third kappa shape index (κ3) is 2.56. The summed E-state index contributed by atoms with van der Waals surface area (Å²) in [6.45, 7) is 0.565. The van der Waals surface area contributed by atoms with Crippen LogP contribution in [-0.4, -0.2) is 16.7 Å². The smallest absolute Gasteiger partial charge is 0.146 e. The number of nitrogens with two attached hydrogens (primary N) is 2. The number of aromatic nitrogens is 2. The standard InChI is InChI=1S/C8H10N4/c9-6-2-1-3-7-4-5-8(10)12-11-7/h4-5H,2,6,9H2,(H2,10,12). The lowest BCUT2D eigenvalue weighted by Gasteiger charge is -1.88. The number of anilines is 1. The lowest BCUT2D eigenvalue weighted by molar-refractivity contribution is 1.02. The van der Waals surface area contributed by atoms with E-state index in [2.05, 4.69) is 22.0 Å². The largest absolute Gasteiger partial charge is 0.382 e. The van der Waals surface area contributed by atoms with Crippen LogP contribution in [0.4, 0.5) is 5.82 Å². The average molecular weight is 162 g/mol. The van der Waals surface area contributed by atoms with Gasteiger partial charge in [-0.15, -0.1) is 10.2 Å². The van der Waals surface area contributed by atoms with Gasteiger partial charge in [-0.05, 0) is 18.1 Å². The van der Waals surface area contributed by atoms with Crippen LogP contribution < -0.4 is 11.5 Å². The minimum absolute atomic E-state index is 0.402. The fraction of sp³-hybridized carbons (Fsp3) is 0.250. The molecule has 0 bridgehead atoms. The lowest BCUT2D eigenvalue weighted by atomic mass is 10.3. The third-order valence-corrected chi connectivity index (χ3v) is 1.17. The van der Waals surface area contributed by atoms with Crippen molar-refractivity contribution in [2.24, 2.45) is 5.73 Å². The minimum Gasteiger partial charge on any atom is -0.382 e. The zero-order valence-corrected chi connectivity index (χ0v) is 6.62. The Morgan fingerprint density at radius 1 is 1.33 bits per heavy atom. The van der Waals surface area contributed by atoms with Gasteiger partial charge < -0.3 is 11.5 Å². The maximum Gasteiger partial charge on any atom is 0.146 e. The predicted octanol–water partition coefficient (Wildman–Crippen LogP) is -0.241. The molecule has 0 amide bonds. The predicted molar refractivity (Wildman–Crippen MR) is 47.0 cm³/mol. The zero-order chi connectivity index (χ0) is 8.81. The van der Waals surface area contributed by atoms with E-state index in [0.717, 1.165) is 0 Å². The fourth-order valence-electron chi connectivity index (χ4n) is 0.634. The molecule has 0 fully saturated rings. The molecule has 0 aromatic carbocycles. The molecular formula is C8H10N4. The van der Waals surface area contributed by atoms with E-state index in [1.54, 1.807) is 12.1 Å². The van der Waals surface area contributed by atoms with Gasteiger partial charge in [0.1, 0.15) is 11.5 Å². The fourth-order valence-corrected chi connectivity index (χ4v) is 0.634. The number of rotatable bonds is 1. The van der Waals surface area contributed by atoms with Crippen LogP contribution in [0.3, 0.4) is 0 Å². The first-order chi connectivity index (χ1) is 5.83. The Labute approximate surface area is 71.0 Å². The van der Waals surface area contributed by atoms with Crippen molar-refractivity contribution in [2.45, 2.75) is 6.42 Å². The molecule has 0 aliphatic heterocycles. The molecule has 0 radical (unpaired) electrons. The van der Waals surface area contributed by atoms with E-state index in [0.29, 0.717) is 24.5 Å². The summed E-state index contributed by atoms with van der Waals surface area (Å²) in [6, 6.07) is 3.39. The van der Waals surface area contributed by atoms with E-state index in [1.165, 1.54) is 0 Å². The van der Waals surface area contributed by atoms with Gasteiger partial charge in [0.25, 0.3) is 0 Å². The van der Waals surface area contributed by atoms with Crippen molar-refractivity contribution in [1.82, 2.24) is 10.2 Å². The summed E-state index contributed by atoms with van der Waals surface area (Å²) in [4.78, 5) is 0. The first-order valence-corrected chi connectivity index (χ1v) is 3.61. The SMILES string of the molecule is NCCC#Cc1ccc(N)nn1. The van der Waals surface area contributed by atoms with Crippen molar-refractivity contribution in [3.8, 4) is 11.8 Å². The molecule has 12 heavy (non-hydrogen) atoms. The van der Waals surface area contributed by atoms with E-state index in [9.17, 15) is 0 Å². The minimum atomic E-state index is 0.402. The van der Waals surface area contributed by atoms with Gasteiger partial charge in [0, 0.05) is 13.0 Å². The summed E-state index contributed by atoms with van der Waals surface area (Å²) in [5.74, 6) is 6.07. The van der Waals surface area contributed by atoms with Crippen LogP contribution in [0.2, 0.25) is 0 Å². The molecule has 0 unspecified atom stereocenters. The van der Waals surface area contributed by atoms with E-state index < -0.39 is 0 Å². The maximum absolute atomic E-state index is 5.34. The number of hydrogen-bond acceptors (Lipinski definition) is 4. The highest BCUT2D eigenvalue weighted by Crippen LogP contribution is 1.94. The van der Waals surface area contributed by atoms with Gasteiger partial charge in [-0.25, -0.2) is 0 Å². The molecular weight excluding hydrogens is 152 g/mol. The van der Waals surface area contributed by atoms with Crippen molar-refractivity contribution in [2.75, 3.05) is 12.3 Å². The van der Waals surface area contributed by atoms with Crippen LogP contribution in [0.25, 0.3) is 0 Å². The van der Waals surface area contributed by atoms with Gasteiger partial charge in [-0.3, -0.25) is 0 Å². The van der Waals surface area contributed by atoms with Crippen LogP contribution in [0.5, 0.6) is 0 Å². The Hall–Kier alpha value is -1.60. The normalized spacial score (nSPS) is 8.75. The third-order valence-electron chi connectivity index (χ3n) is 1.17. The summed E-state index contributed by atoms with van der Waals surface area (Å²) in [5.41, 5.74) is 11.2. The first kappa shape index (κ1) is 8.50. The highest BCUT2D eigenvalue weighted by molar-refractivity contribution is 5.32. The number of nitrogen functional groups attached to an aromatic ring is 1. The summed E-state index contributed by atoms with van der Waals surface area (Å²) >= 11 is 0. The van der Waals surface area contributed by atoms with Gasteiger partial charge in [0.05, 0.1) is 0 Å². The highest BCUT2D eigenvalue weighted by Gasteiger charge is 1.87. The van der Waals surface area contributed by atoms with Crippen molar-refractivity contribution in [3.05, 3.63) is 17.8 Å². The van der Waals surface area contributed by atoms with Crippen molar-refractivity contribution in [1.29, 1.82) is 0 Å². The Balaban J connectivity index is 2.66. The highest BCUT2D eigenvalue weighted by atomic mass is 15.1. The van der Waals surface area contributed by atoms with Gasteiger partial charge in [0.15, 0.2) is 0 Å². The average Bonchev–Trinajstić information content (AvgIpc) is 2.09. The van der Waals surface area contributed by atoms with Gasteiger partial charge in [0.2, 0.25) is 0 Å². The second-order valence-corrected chi connectivity index (χ2v) is 2.18. The van der Waals surface area contributed by atoms with E-state index in [-0.39, 0.29) is 0 Å². The molecule has 0 atom stereocenters. The molecule has 0 aliphatic rings. The Kier molecular flexibility index (Phi) is 3.05. The van der Waals surface area contributed by atoms with Crippen molar-refractivity contribution >= 4 is 5.82 Å². The molecule has 0 spiro atoms. The molecule has 1 rings (SSSR count). The molecule has 0 aliphatic carbocycles. The molecule has 4 heteroatoms. The van der Waals surface area contributed by atoms with Crippen LogP contribution in [0.1, 0.15) is 12.1 Å². The van der Waals surface area contributed by atoms with Crippen LogP contribution in [0, 0.1) is 11.8 Å². The summed E-state index contributed by atoms with van der Waals surface area (Å²) < 4.78 is 0. The second kappa shape index (κ2) is 4.31. The second-order valence-electron chi connectivity index (χ2n) is 2.18. The van der Waals surface area contributed by atoms with Crippen LogP contribution in [-0.2, 0) is 0 Å². The molecule has 1 aromatic rings. The summed E-state index contributed by atoms with van der Waals surface area (Å²) in [6.07, 6.45) is 0.673. The molecule has 1 heterocycles. The lowest BCUT2D eigenvalue weighted by Crippen LogP contribution is -1.96. The topological polar surface area (TPSA) is 77.8 Å². The van der Waals surface area contributed by atoms with E-state index in [1.807, 2.05) is 0 Å². The molecule has 62 valence electrons. The molecule has 0 saturated heterocycles. The molecule has 0 saturated carbocycles. The van der Waals surface area contributed by atoms with Gasteiger partial charge in [-0.1, -0.05) is 5.92 Å². The summed E-state index contributed by atoms with van der Waals surface area (Å²) in [5, 5.41) is 7.41. The Morgan fingerprint density at radius 2 is 2.17 bits per heavy atom. The Morgan fingerprint density at radius 3 is 2.75 bits per heavy atom. The monoisotopic (exact) mass is 162 g/mol. The number of nitrogens with zero attached hydrogens (tertiary/aromatic N) is 2. The quantitative estimate of drug-likeness (QED) is 0.558. The van der Waals surface area contributed by atoms with E-state index >= 15 is 0 Å². The Bertz CT molecular complexity index is 293. The molecule has 1 aromatic heterocycles. The summed E-state index contributed by atoms with van der Waals surface area (Å²) in [7, 11) is 0. The number of hydrogen-bond donors (Lipinski definition) is 2. The zero-order valence-electron chi connectivity index (χ0n) is 6.62. The molecule has 4 nitrogen and oxygen atoms in total. The van der Waals surface area contributed by atoms with Gasteiger partial charge >= 0.3 is 0 Å².